The van der Waals surface area contributed by atoms with E-state index in [1.54, 1.807) is 0 Å². The fourth-order valence-electron chi connectivity index (χ4n) is 1.78. The van der Waals surface area contributed by atoms with Crippen LogP contribution >= 0.6 is 0 Å². The van der Waals surface area contributed by atoms with Gasteiger partial charge in [-0.3, -0.25) is 0 Å². The van der Waals surface area contributed by atoms with Crippen molar-refractivity contribution in [2.75, 3.05) is 11.9 Å². The molecule has 0 unspecified atom stereocenters. The van der Waals surface area contributed by atoms with Gasteiger partial charge in [0.25, 0.3) is 0 Å². The van der Waals surface area contributed by atoms with Crippen LogP contribution in [0.5, 0.6) is 0 Å². The maximum Gasteiger partial charge on any atom is 0.204 e. The molecule has 0 spiro atoms. The van der Waals surface area contributed by atoms with E-state index in [0.29, 0.717) is 5.92 Å². The molecule has 2 heterocycles. The van der Waals surface area contributed by atoms with Crippen LogP contribution in [0.3, 0.4) is 0 Å². The predicted octanol–water partition coefficient (Wildman–Crippen LogP) is 1.69. The zero-order valence-corrected chi connectivity index (χ0v) is 8.54. The van der Waals surface area contributed by atoms with E-state index in [9.17, 15) is 0 Å². The molecule has 4 nitrogen and oxygen atoms in total. The van der Waals surface area contributed by atoms with Crippen molar-refractivity contribution in [2.24, 2.45) is 0 Å². The van der Waals surface area contributed by atoms with Gasteiger partial charge in [-0.25, -0.2) is 4.98 Å². The van der Waals surface area contributed by atoms with Gasteiger partial charge in [-0.15, -0.1) is 0 Å². The van der Waals surface area contributed by atoms with Gasteiger partial charge in [0.1, 0.15) is 11.8 Å². The lowest BCUT2D eigenvalue weighted by molar-refractivity contribution is 0.621. The minimum atomic E-state index is 0.310. The van der Waals surface area contributed by atoms with Crippen LogP contribution in [0, 0.1) is 11.3 Å². The Hall–Kier alpha value is -1.50. The van der Waals surface area contributed by atoms with Gasteiger partial charge in [0.15, 0.2) is 0 Å². The SMILES string of the molecule is CC(C)c1nc2n(c1C#N)CCCN2. The van der Waals surface area contributed by atoms with Crippen LogP contribution in [-0.2, 0) is 6.54 Å². The fraction of sp³-hybridized carbons (Fsp3) is 0.600. The first-order valence-electron chi connectivity index (χ1n) is 4.98. The molecule has 1 aromatic rings. The zero-order chi connectivity index (χ0) is 10.1. The Balaban J connectivity index is 2.53. The van der Waals surface area contributed by atoms with Gasteiger partial charge in [0, 0.05) is 13.1 Å². The molecule has 0 fully saturated rings. The monoisotopic (exact) mass is 190 g/mol. The Labute approximate surface area is 83.6 Å². The molecule has 0 aromatic carbocycles. The van der Waals surface area contributed by atoms with E-state index in [1.807, 2.05) is 4.57 Å². The predicted molar refractivity (Wildman–Crippen MR) is 54.1 cm³/mol. The summed E-state index contributed by atoms with van der Waals surface area (Å²) in [6, 6.07) is 2.25. The normalized spacial score (nSPS) is 14.7. The lowest BCUT2D eigenvalue weighted by Gasteiger charge is -2.15. The number of aromatic nitrogens is 2. The largest absolute Gasteiger partial charge is 0.356 e. The van der Waals surface area contributed by atoms with E-state index >= 15 is 0 Å². The third-order valence-electron chi connectivity index (χ3n) is 2.49. The van der Waals surface area contributed by atoms with Crippen LogP contribution in [0.1, 0.15) is 37.6 Å². The average Bonchev–Trinajstić information content (AvgIpc) is 2.56. The van der Waals surface area contributed by atoms with Gasteiger partial charge in [0.2, 0.25) is 5.95 Å². The minimum absolute atomic E-state index is 0.310. The molecule has 4 heteroatoms. The molecule has 2 rings (SSSR count). The molecule has 14 heavy (non-hydrogen) atoms. The number of imidazole rings is 1. The highest BCUT2D eigenvalue weighted by atomic mass is 15.2. The first kappa shape index (κ1) is 9.07. The Bertz CT molecular complexity index is 384. The zero-order valence-electron chi connectivity index (χ0n) is 8.54. The Morgan fingerprint density at radius 2 is 2.36 bits per heavy atom. The smallest absolute Gasteiger partial charge is 0.204 e. The molecule has 0 saturated heterocycles. The van der Waals surface area contributed by atoms with Gasteiger partial charge in [0.05, 0.1) is 5.69 Å². The molecule has 74 valence electrons. The summed E-state index contributed by atoms with van der Waals surface area (Å²) >= 11 is 0. The highest BCUT2D eigenvalue weighted by Gasteiger charge is 2.20. The number of fused-ring (bicyclic) bond motifs is 1. The average molecular weight is 190 g/mol. The lowest BCUT2D eigenvalue weighted by atomic mass is 10.1. The number of hydrogen-bond donors (Lipinski definition) is 1. The summed E-state index contributed by atoms with van der Waals surface area (Å²) in [5.74, 6) is 1.17. The molecule has 1 aliphatic heterocycles. The second-order valence-electron chi connectivity index (χ2n) is 3.87. The van der Waals surface area contributed by atoms with Gasteiger partial charge in [-0.05, 0) is 12.3 Å². The summed E-state index contributed by atoms with van der Waals surface area (Å²) < 4.78 is 1.98. The molecule has 0 radical (unpaired) electrons. The summed E-state index contributed by atoms with van der Waals surface area (Å²) in [4.78, 5) is 4.45. The van der Waals surface area contributed by atoms with E-state index in [0.717, 1.165) is 36.8 Å². The summed E-state index contributed by atoms with van der Waals surface area (Å²) in [5, 5.41) is 12.3. The number of rotatable bonds is 1. The van der Waals surface area contributed by atoms with Crippen molar-refractivity contribution in [3.8, 4) is 6.07 Å². The van der Waals surface area contributed by atoms with Crippen LogP contribution in [0.4, 0.5) is 5.95 Å². The molecule has 1 aliphatic rings. The highest BCUT2D eigenvalue weighted by Crippen LogP contribution is 2.24. The summed E-state index contributed by atoms with van der Waals surface area (Å²) in [6.45, 7) is 5.99. The van der Waals surface area contributed by atoms with E-state index in [-0.39, 0.29) is 0 Å². The molecule has 0 amide bonds. The standard InChI is InChI=1S/C10H14N4/c1-7(2)9-8(6-11)14-5-3-4-12-10(14)13-9/h7H,3-5H2,1-2H3,(H,12,13). The van der Waals surface area contributed by atoms with Crippen LogP contribution in [0.2, 0.25) is 0 Å². The number of anilines is 1. The minimum Gasteiger partial charge on any atom is -0.356 e. The first-order valence-corrected chi connectivity index (χ1v) is 4.98. The lowest BCUT2D eigenvalue weighted by Crippen LogP contribution is -2.18. The highest BCUT2D eigenvalue weighted by molar-refractivity contribution is 5.42. The second-order valence-corrected chi connectivity index (χ2v) is 3.87. The van der Waals surface area contributed by atoms with Crippen molar-refractivity contribution in [3.63, 3.8) is 0 Å². The van der Waals surface area contributed by atoms with Crippen LogP contribution < -0.4 is 5.32 Å². The van der Waals surface area contributed by atoms with Gasteiger partial charge < -0.3 is 9.88 Å². The molecule has 0 bridgehead atoms. The summed E-state index contributed by atoms with van der Waals surface area (Å²) in [7, 11) is 0. The number of nitriles is 1. The van der Waals surface area contributed by atoms with E-state index < -0.39 is 0 Å². The van der Waals surface area contributed by atoms with E-state index in [4.69, 9.17) is 5.26 Å². The Morgan fingerprint density at radius 1 is 1.57 bits per heavy atom. The maximum absolute atomic E-state index is 9.07. The third kappa shape index (κ3) is 1.25. The second kappa shape index (κ2) is 3.33. The van der Waals surface area contributed by atoms with E-state index in [2.05, 4.69) is 30.2 Å². The van der Waals surface area contributed by atoms with Crippen LogP contribution in [-0.4, -0.2) is 16.1 Å². The van der Waals surface area contributed by atoms with Crippen molar-refractivity contribution in [2.45, 2.75) is 32.7 Å². The van der Waals surface area contributed by atoms with Crippen molar-refractivity contribution in [1.29, 1.82) is 5.26 Å². The van der Waals surface area contributed by atoms with Gasteiger partial charge >= 0.3 is 0 Å². The number of hydrogen-bond acceptors (Lipinski definition) is 3. The number of nitrogens with one attached hydrogen (secondary N) is 1. The number of nitrogens with zero attached hydrogens (tertiary/aromatic N) is 3. The topological polar surface area (TPSA) is 53.6 Å². The molecular weight excluding hydrogens is 176 g/mol. The van der Waals surface area contributed by atoms with Crippen molar-refractivity contribution < 1.29 is 0 Å². The van der Waals surface area contributed by atoms with Gasteiger partial charge in [-0.2, -0.15) is 5.26 Å². The molecule has 0 saturated carbocycles. The molecular formula is C10H14N4. The van der Waals surface area contributed by atoms with E-state index in [1.165, 1.54) is 0 Å². The maximum atomic E-state index is 9.07. The Kier molecular flexibility index (Phi) is 2.16. The summed E-state index contributed by atoms with van der Waals surface area (Å²) in [5.41, 5.74) is 1.64. The molecule has 1 aromatic heterocycles. The molecule has 0 aliphatic carbocycles. The van der Waals surface area contributed by atoms with Crippen molar-refractivity contribution in [1.82, 2.24) is 9.55 Å². The first-order chi connectivity index (χ1) is 6.74. The summed E-state index contributed by atoms with van der Waals surface area (Å²) in [6.07, 6.45) is 1.07. The van der Waals surface area contributed by atoms with Gasteiger partial charge in [-0.1, -0.05) is 13.8 Å². The van der Waals surface area contributed by atoms with Crippen LogP contribution in [0.15, 0.2) is 0 Å². The molecule has 0 atom stereocenters. The fourth-order valence-corrected chi connectivity index (χ4v) is 1.78. The third-order valence-corrected chi connectivity index (χ3v) is 2.49. The van der Waals surface area contributed by atoms with Crippen molar-refractivity contribution >= 4 is 5.95 Å². The van der Waals surface area contributed by atoms with Crippen molar-refractivity contribution in [3.05, 3.63) is 11.4 Å². The Morgan fingerprint density at radius 3 is 3.00 bits per heavy atom. The van der Waals surface area contributed by atoms with Crippen LogP contribution in [0.25, 0.3) is 0 Å². The molecule has 1 N–H and O–H groups in total. The quantitative estimate of drug-likeness (QED) is 0.733.